The van der Waals surface area contributed by atoms with Crippen LogP contribution in [-0.2, 0) is 4.79 Å². The molecule has 1 amide bonds. The number of carbonyl (C=O) groups excluding carboxylic acids is 1. The van der Waals surface area contributed by atoms with E-state index in [0.29, 0.717) is 6.04 Å². The lowest BCUT2D eigenvalue weighted by Crippen LogP contribution is -2.22. The predicted molar refractivity (Wildman–Crippen MR) is 79.4 cm³/mol. The Morgan fingerprint density at radius 3 is 2.33 bits per heavy atom. The van der Waals surface area contributed by atoms with Crippen molar-refractivity contribution in [3.05, 3.63) is 24.3 Å². The van der Waals surface area contributed by atoms with Gasteiger partial charge in [-0.25, -0.2) is 0 Å². The van der Waals surface area contributed by atoms with Gasteiger partial charge in [-0.1, -0.05) is 19.3 Å². The predicted octanol–water partition coefficient (Wildman–Crippen LogP) is 3.30. The number of hydrogen-bond donors (Lipinski definition) is 3. The van der Waals surface area contributed by atoms with E-state index >= 15 is 0 Å². The third-order valence-corrected chi connectivity index (χ3v) is 3.58. The van der Waals surface area contributed by atoms with Gasteiger partial charge in [0.05, 0.1) is 5.75 Å². The number of hydrogen-bond acceptors (Lipinski definition) is 3. The van der Waals surface area contributed by atoms with Crippen LogP contribution in [0.15, 0.2) is 24.3 Å². The minimum absolute atomic E-state index is 0.0775. The van der Waals surface area contributed by atoms with E-state index < -0.39 is 0 Å². The number of rotatable bonds is 4. The third-order valence-electron chi connectivity index (χ3n) is 3.29. The van der Waals surface area contributed by atoms with Crippen LogP contribution in [0.5, 0.6) is 0 Å². The van der Waals surface area contributed by atoms with Crippen LogP contribution in [0.1, 0.15) is 32.1 Å². The molecule has 3 nitrogen and oxygen atoms in total. The average Bonchev–Trinajstić information content (AvgIpc) is 2.42. The molecule has 98 valence electrons. The van der Waals surface area contributed by atoms with Crippen LogP contribution >= 0.6 is 12.6 Å². The summed E-state index contributed by atoms with van der Waals surface area (Å²) < 4.78 is 0. The van der Waals surface area contributed by atoms with E-state index in [4.69, 9.17) is 0 Å². The first-order valence-corrected chi connectivity index (χ1v) is 7.18. The summed E-state index contributed by atoms with van der Waals surface area (Å²) in [5.41, 5.74) is 1.95. The van der Waals surface area contributed by atoms with E-state index in [1.54, 1.807) is 0 Å². The topological polar surface area (TPSA) is 41.1 Å². The van der Waals surface area contributed by atoms with Crippen molar-refractivity contribution in [1.29, 1.82) is 0 Å². The molecule has 0 aromatic heterocycles. The lowest BCUT2D eigenvalue weighted by Gasteiger charge is -2.23. The van der Waals surface area contributed by atoms with Gasteiger partial charge in [0.1, 0.15) is 0 Å². The SMILES string of the molecule is O=C(CS)Nc1ccc(NC2CCCCC2)cc1. The minimum atomic E-state index is -0.0775. The highest BCUT2D eigenvalue weighted by Gasteiger charge is 2.12. The second-order valence-electron chi connectivity index (χ2n) is 4.76. The molecule has 18 heavy (non-hydrogen) atoms. The molecule has 0 heterocycles. The lowest BCUT2D eigenvalue weighted by molar-refractivity contribution is -0.113. The van der Waals surface area contributed by atoms with Crippen molar-refractivity contribution in [2.75, 3.05) is 16.4 Å². The van der Waals surface area contributed by atoms with Crippen LogP contribution in [0.3, 0.4) is 0 Å². The van der Waals surface area contributed by atoms with Crippen LogP contribution < -0.4 is 10.6 Å². The van der Waals surface area contributed by atoms with Crippen LogP contribution in [0, 0.1) is 0 Å². The van der Waals surface area contributed by atoms with Gasteiger partial charge >= 0.3 is 0 Å². The first-order valence-electron chi connectivity index (χ1n) is 6.55. The van der Waals surface area contributed by atoms with Crippen LogP contribution in [0.2, 0.25) is 0 Å². The molecular weight excluding hydrogens is 244 g/mol. The largest absolute Gasteiger partial charge is 0.382 e. The molecule has 0 radical (unpaired) electrons. The van der Waals surface area contributed by atoms with Gasteiger partial charge in [0.2, 0.25) is 5.91 Å². The number of anilines is 2. The van der Waals surface area contributed by atoms with E-state index in [0.717, 1.165) is 11.4 Å². The van der Waals surface area contributed by atoms with Crippen molar-refractivity contribution in [3.8, 4) is 0 Å². The Kier molecular flexibility index (Phi) is 4.93. The molecule has 1 aliphatic rings. The van der Waals surface area contributed by atoms with Gasteiger partial charge in [-0.2, -0.15) is 12.6 Å². The number of nitrogens with one attached hydrogen (secondary N) is 2. The van der Waals surface area contributed by atoms with Crippen molar-refractivity contribution in [2.24, 2.45) is 0 Å². The first-order chi connectivity index (χ1) is 8.78. The molecule has 0 saturated heterocycles. The van der Waals surface area contributed by atoms with Crippen molar-refractivity contribution in [2.45, 2.75) is 38.1 Å². The smallest absolute Gasteiger partial charge is 0.234 e. The molecule has 0 bridgehead atoms. The molecule has 1 fully saturated rings. The summed E-state index contributed by atoms with van der Waals surface area (Å²) in [4.78, 5) is 11.2. The number of thiol groups is 1. The zero-order chi connectivity index (χ0) is 12.8. The van der Waals surface area contributed by atoms with Crippen LogP contribution in [-0.4, -0.2) is 17.7 Å². The first kappa shape index (κ1) is 13.3. The molecule has 1 saturated carbocycles. The Morgan fingerprint density at radius 1 is 1.11 bits per heavy atom. The van der Waals surface area contributed by atoms with E-state index in [2.05, 4.69) is 23.3 Å². The van der Waals surface area contributed by atoms with E-state index in [1.165, 1.54) is 32.1 Å². The van der Waals surface area contributed by atoms with Crippen LogP contribution in [0.25, 0.3) is 0 Å². The van der Waals surface area contributed by atoms with Gasteiger partial charge in [0.15, 0.2) is 0 Å². The highest BCUT2D eigenvalue weighted by Crippen LogP contribution is 2.22. The maximum absolute atomic E-state index is 11.2. The molecule has 0 spiro atoms. The molecule has 0 aliphatic heterocycles. The lowest BCUT2D eigenvalue weighted by atomic mass is 9.95. The molecule has 2 N–H and O–H groups in total. The van der Waals surface area contributed by atoms with Crippen molar-refractivity contribution < 1.29 is 4.79 Å². The van der Waals surface area contributed by atoms with Gasteiger partial charge in [-0.3, -0.25) is 4.79 Å². The van der Waals surface area contributed by atoms with E-state index in [1.807, 2.05) is 24.3 Å². The van der Waals surface area contributed by atoms with Crippen molar-refractivity contribution in [1.82, 2.24) is 0 Å². The molecule has 1 aliphatic carbocycles. The van der Waals surface area contributed by atoms with Crippen molar-refractivity contribution >= 4 is 29.9 Å². The minimum Gasteiger partial charge on any atom is -0.382 e. The summed E-state index contributed by atoms with van der Waals surface area (Å²) in [6.07, 6.45) is 6.55. The molecule has 0 atom stereocenters. The second-order valence-corrected chi connectivity index (χ2v) is 5.08. The molecular formula is C14H20N2OS. The monoisotopic (exact) mass is 264 g/mol. The quantitative estimate of drug-likeness (QED) is 0.730. The summed E-state index contributed by atoms with van der Waals surface area (Å²) in [5, 5.41) is 6.33. The third kappa shape index (κ3) is 3.95. The Labute approximate surface area is 114 Å². The zero-order valence-corrected chi connectivity index (χ0v) is 11.4. The summed E-state index contributed by atoms with van der Waals surface area (Å²) in [6, 6.07) is 8.49. The summed E-state index contributed by atoms with van der Waals surface area (Å²) >= 11 is 3.93. The highest BCUT2D eigenvalue weighted by atomic mass is 32.1. The van der Waals surface area contributed by atoms with Crippen LogP contribution in [0.4, 0.5) is 11.4 Å². The standard InChI is InChI=1S/C14H20N2OS/c17-14(10-18)16-13-8-6-12(7-9-13)15-11-4-2-1-3-5-11/h6-9,11,15,18H,1-5,10H2,(H,16,17). The molecule has 4 heteroatoms. The summed E-state index contributed by atoms with van der Waals surface area (Å²) in [5.74, 6) is 0.133. The molecule has 1 aromatic rings. The maximum Gasteiger partial charge on any atom is 0.234 e. The van der Waals surface area contributed by atoms with Gasteiger partial charge in [-0.05, 0) is 37.1 Å². The molecule has 1 aromatic carbocycles. The summed E-state index contributed by atoms with van der Waals surface area (Å²) in [6.45, 7) is 0. The maximum atomic E-state index is 11.2. The van der Waals surface area contributed by atoms with Gasteiger partial charge in [0.25, 0.3) is 0 Å². The fourth-order valence-electron chi connectivity index (χ4n) is 2.33. The van der Waals surface area contributed by atoms with E-state index in [9.17, 15) is 4.79 Å². The molecule has 2 rings (SSSR count). The fraction of sp³-hybridized carbons (Fsp3) is 0.500. The molecule has 0 unspecified atom stereocenters. The second kappa shape index (κ2) is 6.69. The summed E-state index contributed by atoms with van der Waals surface area (Å²) in [7, 11) is 0. The Bertz CT molecular complexity index is 385. The van der Waals surface area contributed by atoms with Gasteiger partial charge < -0.3 is 10.6 Å². The van der Waals surface area contributed by atoms with E-state index in [-0.39, 0.29) is 11.7 Å². The average molecular weight is 264 g/mol. The number of benzene rings is 1. The Morgan fingerprint density at radius 2 is 1.72 bits per heavy atom. The van der Waals surface area contributed by atoms with Crippen molar-refractivity contribution in [3.63, 3.8) is 0 Å². The fourth-order valence-corrected chi connectivity index (χ4v) is 2.41. The normalized spacial score (nSPS) is 16.3. The highest BCUT2D eigenvalue weighted by molar-refractivity contribution is 7.81. The Hall–Kier alpha value is -1.16. The number of amides is 1. The number of carbonyl (C=O) groups is 1. The zero-order valence-electron chi connectivity index (χ0n) is 10.5. The van der Waals surface area contributed by atoms with Gasteiger partial charge in [-0.15, -0.1) is 0 Å². The van der Waals surface area contributed by atoms with Gasteiger partial charge in [0, 0.05) is 17.4 Å². The Balaban J connectivity index is 1.88.